The van der Waals surface area contributed by atoms with E-state index in [1.807, 2.05) is 0 Å². The molecule has 0 aliphatic carbocycles. The van der Waals surface area contributed by atoms with Crippen molar-refractivity contribution in [3.63, 3.8) is 0 Å². The third-order valence-corrected chi connectivity index (χ3v) is 1.12. The zero-order valence-electron chi connectivity index (χ0n) is 5.28. The van der Waals surface area contributed by atoms with E-state index in [1.54, 1.807) is 5.01 Å². The molecule has 2 N–H and O–H groups in total. The molecule has 1 rings (SSSR count). The number of hydrogen-bond acceptors (Lipinski definition) is 2. The van der Waals surface area contributed by atoms with Gasteiger partial charge in [-0.2, -0.15) is 0 Å². The standard InChI is InChI=1S/C4H10N3.Li/c5-7-3-1-6-2-4-7;/h5-6H,1-4H2;/q-1;+1. The topological polar surface area (TPSA) is 39.1 Å². The zero-order valence-corrected chi connectivity index (χ0v) is 5.28. The van der Waals surface area contributed by atoms with Gasteiger partial charge in [0.2, 0.25) is 0 Å². The molecule has 0 spiro atoms. The van der Waals surface area contributed by atoms with Crippen LogP contribution in [0.4, 0.5) is 0 Å². The summed E-state index contributed by atoms with van der Waals surface area (Å²) in [5.74, 6) is 7.07. The normalized spacial score (nSPS) is 22.1. The smallest absolute Gasteiger partial charge is 0.610 e. The molecule has 3 nitrogen and oxygen atoms in total. The average Bonchev–Trinajstić information content (AvgIpc) is 1.69. The van der Waals surface area contributed by atoms with Crippen LogP contribution in [-0.2, 0) is 0 Å². The van der Waals surface area contributed by atoms with Gasteiger partial charge in [-0.25, -0.2) is 0 Å². The van der Waals surface area contributed by atoms with Crippen molar-refractivity contribution in [2.45, 2.75) is 0 Å². The van der Waals surface area contributed by atoms with E-state index in [4.69, 9.17) is 5.84 Å². The first kappa shape index (κ1) is 8.48. The van der Waals surface area contributed by atoms with Gasteiger partial charge < -0.3 is 16.2 Å². The number of nitrogens with zero attached hydrogens (tertiary/aromatic N) is 1. The second-order valence-corrected chi connectivity index (χ2v) is 1.74. The van der Waals surface area contributed by atoms with Crippen molar-refractivity contribution in [3.8, 4) is 0 Å². The van der Waals surface area contributed by atoms with Crippen LogP contribution in [0.1, 0.15) is 0 Å². The minimum absolute atomic E-state index is 0. The quantitative estimate of drug-likeness (QED) is 0.332. The van der Waals surface area contributed by atoms with E-state index in [0.29, 0.717) is 0 Å². The Bertz CT molecular complexity index is 53.2. The molecule has 0 aromatic carbocycles. The van der Waals surface area contributed by atoms with E-state index in [1.165, 1.54) is 0 Å². The van der Waals surface area contributed by atoms with Crippen molar-refractivity contribution < 1.29 is 18.9 Å². The first-order chi connectivity index (χ1) is 3.39. The van der Waals surface area contributed by atoms with Crippen LogP contribution < -0.4 is 24.2 Å². The van der Waals surface area contributed by atoms with Gasteiger partial charge in [-0.3, -0.25) is 0 Å². The molecular weight excluding hydrogens is 97.0 g/mol. The Morgan fingerprint density at radius 1 is 1.25 bits per heavy atom. The van der Waals surface area contributed by atoms with E-state index < -0.39 is 0 Å². The number of hydrogen-bond donors (Lipinski definition) is 1. The van der Waals surface area contributed by atoms with Crippen LogP contribution in [-0.4, -0.2) is 31.2 Å². The van der Waals surface area contributed by atoms with Crippen molar-refractivity contribution >= 4 is 0 Å². The van der Waals surface area contributed by atoms with Crippen LogP contribution in [0.2, 0.25) is 0 Å². The minimum Gasteiger partial charge on any atom is -0.610 e. The molecule has 0 amide bonds. The number of rotatable bonds is 0. The molecule has 0 saturated carbocycles. The Morgan fingerprint density at radius 2 is 1.75 bits per heavy atom. The second kappa shape index (κ2) is 4.37. The summed E-state index contributed by atoms with van der Waals surface area (Å²) < 4.78 is 0. The molecule has 1 fully saturated rings. The molecule has 42 valence electrons. The maximum Gasteiger partial charge on any atom is 1.00 e. The SMILES string of the molecule is [Li+].[NH-]N1CCNCC1. The summed E-state index contributed by atoms with van der Waals surface area (Å²) in [5, 5.41) is 4.73. The average molecular weight is 107 g/mol. The molecule has 1 heterocycles. The first-order valence-corrected chi connectivity index (χ1v) is 2.56. The molecule has 0 unspecified atom stereocenters. The van der Waals surface area contributed by atoms with Gasteiger partial charge in [0.1, 0.15) is 0 Å². The van der Waals surface area contributed by atoms with Gasteiger partial charge >= 0.3 is 18.9 Å². The maximum absolute atomic E-state index is 7.07. The Balaban J connectivity index is 0.000000490. The van der Waals surface area contributed by atoms with Crippen molar-refractivity contribution in [3.05, 3.63) is 5.84 Å². The predicted molar refractivity (Wildman–Crippen MR) is 28.8 cm³/mol. The zero-order chi connectivity index (χ0) is 5.11. The summed E-state index contributed by atoms with van der Waals surface area (Å²) in [6.45, 7) is 3.70. The van der Waals surface area contributed by atoms with Crippen LogP contribution in [0.25, 0.3) is 5.84 Å². The van der Waals surface area contributed by atoms with Gasteiger partial charge in [-0.15, -0.1) is 0 Å². The molecule has 0 bridgehead atoms. The molecule has 4 heteroatoms. The summed E-state index contributed by atoms with van der Waals surface area (Å²) in [6.07, 6.45) is 0. The number of piperazine rings is 1. The van der Waals surface area contributed by atoms with Crippen LogP contribution in [0.3, 0.4) is 0 Å². The van der Waals surface area contributed by atoms with Gasteiger partial charge in [0, 0.05) is 13.1 Å². The summed E-state index contributed by atoms with van der Waals surface area (Å²) in [4.78, 5) is 0. The van der Waals surface area contributed by atoms with E-state index in [2.05, 4.69) is 5.32 Å². The van der Waals surface area contributed by atoms with Crippen LogP contribution in [0.15, 0.2) is 0 Å². The van der Waals surface area contributed by atoms with Crippen molar-refractivity contribution in [2.24, 2.45) is 0 Å². The van der Waals surface area contributed by atoms with E-state index in [-0.39, 0.29) is 18.9 Å². The molecule has 0 aromatic heterocycles. The molecule has 1 aliphatic heterocycles. The fourth-order valence-corrected chi connectivity index (χ4v) is 0.665. The molecule has 1 aliphatic rings. The third-order valence-electron chi connectivity index (χ3n) is 1.12. The summed E-state index contributed by atoms with van der Waals surface area (Å²) >= 11 is 0. The molecule has 8 heavy (non-hydrogen) atoms. The molecule has 0 aromatic rings. The van der Waals surface area contributed by atoms with Crippen molar-refractivity contribution in [1.29, 1.82) is 0 Å². The fraction of sp³-hybridized carbons (Fsp3) is 1.00. The Morgan fingerprint density at radius 3 is 2.00 bits per heavy atom. The van der Waals surface area contributed by atoms with Gasteiger partial charge in [0.25, 0.3) is 0 Å². The molecule has 0 atom stereocenters. The Hall–Kier alpha value is 0.477. The summed E-state index contributed by atoms with van der Waals surface area (Å²) in [6, 6.07) is 0. The Kier molecular flexibility index (Phi) is 4.63. The predicted octanol–water partition coefficient (Wildman–Crippen LogP) is -3.14. The third kappa shape index (κ3) is 2.70. The van der Waals surface area contributed by atoms with Crippen LogP contribution in [0.5, 0.6) is 0 Å². The van der Waals surface area contributed by atoms with Crippen molar-refractivity contribution in [2.75, 3.05) is 26.2 Å². The summed E-state index contributed by atoms with van der Waals surface area (Å²) in [5.41, 5.74) is 0. The Labute approximate surface area is 61.7 Å². The summed E-state index contributed by atoms with van der Waals surface area (Å²) in [7, 11) is 0. The van der Waals surface area contributed by atoms with Crippen LogP contribution >= 0.6 is 0 Å². The number of nitrogens with one attached hydrogen (secondary N) is 2. The van der Waals surface area contributed by atoms with Crippen LogP contribution in [0, 0.1) is 0 Å². The minimum atomic E-state index is 0. The van der Waals surface area contributed by atoms with Gasteiger partial charge in [-0.05, 0) is 13.1 Å². The van der Waals surface area contributed by atoms with E-state index in [0.717, 1.165) is 26.2 Å². The van der Waals surface area contributed by atoms with Gasteiger partial charge in [-0.1, -0.05) is 0 Å². The monoisotopic (exact) mass is 107 g/mol. The molecule has 1 saturated heterocycles. The molecular formula is C4H10LiN3. The van der Waals surface area contributed by atoms with Gasteiger partial charge in [0.15, 0.2) is 0 Å². The fourth-order valence-electron chi connectivity index (χ4n) is 0.665. The maximum atomic E-state index is 7.07. The van der Waals surface area contributed by atoms with E-state index >= 15 is 0 Å². The van der Waals surface area contributed by atoms with Crippen molar-refractivity contribution in [1.82, 2.24) is 10.3 Å². The van der Waals surface area contributed by atoms with Gasteiger partial charge in [0.05, 0.1) is 0 Å². The molecule has 0 radical (unpaired) electrons. The first-order valence-electron chi connectivity index (χ1n) is 2.56. The second-order valence-electron chi connectivity index (χ2n) is 1.74. The largest absolute Gasteiger partial charge is 1.00 e. The van der Waals surface area contributed by atoms with E-state index in [9.17, 15) is 0 Å².